The molecule has 0 spiro atoms. The van der Waals surface area contributed by atoms with Gasteiger partial charge < -0.3 is 5.32 Å². The summed E-state index contributed by atoms with van der Waals surface area (Å²) in [5.41, 5.74) is 3.13. The van der Waals surface area contributed by atoms with Gasteiger partial charge in [-0.2, -0.15) is 0 Å². The summed E-state index contributed by atoms with van der Waals surface area (Å²) in [6.45, 7) is 1.81. The minimum atomic E-state index is -0.137. The summed E-state index contributed by atoms with van der Waals surface area (Å²) >= 11 is 7.08. The Balaban J connectivity index is 2.14. The number of carbonyl (C=O) groups excluding carboxylic acids is 1. The van der Waals surface area contributed by atoms with E-state index >= 15 is 0 Å². The molecule has 0 aliphatic rings. The van der Waals surface area contributed by atoms with Crippen LogP contribution in [0.1, 0.15) is 15.4 Å². The van der Waals surface area contributed by atoms with Gasteiger partial charge in [0.05, 0.1) is 11.2 Å². The number of amides is 1. The van der Waals surface area contributed by atoms with Crippen LogP contribution in [0.5, 0.6) is 0 Å². The van der Waals surface area contributed by atoms with Crippen LogP contribution in [0.4, 0.5) is 5.69 Å². The fourth-order valence-corrected chi connectivity index (χ4v) is 2.06. The highest BCUT2D eigenvalue weighted by Crippen LogP contribution is 2.17. The normalized spacial score (nSPS) is 10.1. The van der Waals surface area contributed by atoms with E-state index in [1.165, 1.54) is 11.3 Å². The monoisotopic (exact) mass is 252 g/mol. The molecular weight excluding hydrogens is 244 g/mol. The summed E-state index contributed by atoms with van der Waals surface area (Å²) in [7, 11) is 0. The lowest BCUT2D eigenvalue weighted by molar-refractivity contribution is 0.103. The van der Waals surface area contributed by atoms with Crippen molar-refractivity contribution in [3.8, 4) is 0 Å². The van der Waals surface area contributed by atoms with E-state index in [2.05, 4.69) is 10.3 Å². The van der Waals surface area contributed by atoms with Crippen LogP contribution in [-0.2, 0) is 0 Å². The van der Waals surface area contributed by atoms with Crippen LogP contribution < -0.4 is 5.32 Å². The lowest BCUT2D eigenvalue weighted by atomic mass is 10.3. The van der Waals surface area contributed by atoms with Gasteiger partial charge in [-0.3, -0.25) is 4.79 Å². The average Bonchev–Trinajstić information content (AvgIpc) is 2.68. The zero-order chi connectivity index (χ0) is 11.5. The van der Waals surface area contributed by atoms with Crippen LogP contribution in [0.15, 0.2) is 29.8 Å². The topological polar surface area (TPSA) is 42.0 Å². The number of rotatable bonds is 2. The Kier molecular flexibility index (Phi) is 3.22. The van der Waals surface area contributed by atoms with Crippen molar-refractivity contribution in [1.82, 2.24) is 4.98 Å². The van der Waals surface area contributed by atoms with Crippen molar-refractivity contribution >= 4 is 34.5 Å². The molecule has 2 aromatic rings. The molecule has 0 atom stereocenters. The first kappa shape index (κ1) is 11.1. The molecule has 1 aromatic carbocycles. The fraction of sp³-hybridized carbons (Fsp3) is 0.0909. The van der Waals surface area contributed by atoms with Gasteiger partial charge in [0.1, 0.15) is 4.88 Å². The van der Waals surface area contributed by atoms with Crippen molar-refractivity contribution in [3.63, 3.8) is 0 Å². The number of anilines is 1. The third kappa shape index (κ3) is 2.40. The maximum atomic E-state index is 11.8. The molecule has 3 nitrogen and oxygen atoms in total. The van der Waals surface area contributed by atoms with Gasteiger partial charge in [0.15, 0.2) is 0 Å². The van der Waals surface area contributed by atoms with Crippen LogP contribution in [0.3, 0.4) is 0 Å². The van der Waals surface area contributed by atoms with E-state index in [0.717, 1.165) is 11.4 Å². The van der Waals surface area contributed by atoms with Gasteiger partial charge in [-0.15, -0.1) is 11.3 Å². The van der Waals surface area contributed by atoms with Gasteiger partial charge in [0, 0.05) is 10.7 Å². The predicted molar refractivity (Wildman–Crippen MR) is 66.3 cm³/mol. The first-order chi connectivity index (χ1) is 7.66. The molecular formula is C11H9ClN2OS. The van der Waals surface area contributed by atoms with Gasteiger partial charge in [-0.1, -0.05) is 11.6 Å². The summed E-state index contributed by atoms with van der Waals surface area (Å²) in [5, 5.41) is 3.43. The highest BCUT2D eigenvalue weighted by molar-refractivity contribution is 7.12. The quantitative estimate of drug-likeness (QED) is 0.891. The number of halogens is 1. The molecule has 1 aromatic heterocycles. The Bertz CT molecular complexity index is 507. The number of nitrogens with one attached hydrogen (secondary N) is 1. The van der Waals surface area contributed by atoms with Crippen molar-refractivity contribution in [1.29, 1.82) is 0 Å². The van der Waals surface area contributed by atoms with E-state index in [-0.39, 0.29) is 5.91 Å². The molecule has 1 amide bonds. The van der Waals surface area contributed by atoms with E-state index in [4.69, 9.17) is 11.6 Å². The summed E-state index contributed by atoms with van der Waals surface area (Å²) < 4.78 is 0. The SMILES string of the molecule is Cc1ncsc1C(=O)Nc1ccc(Cl)cc1. The van der Waals surface area contributed by atoms with Gasteiger partial charge in [0.25, 0.3) is 5.91 Å². The van der Waals surface area contributed by atoms with Crippen molar-refractivity contribution < 1.29 is 4.79 Å². The first-order valence-electron chi connectivity index (χ1n) is 4.64. The highest BCUT2D eigenvalue weighted by atomic mass is 35.5. The Morgan fingerprint density at radius 3 is 2.62 bits per heavy atom. The van der Waals surface area contributed by atoms with Crippen molar-refractivity contribution in [2.24, 2.45) is 0 Å². The number of hydrogen-bond donors (Lipinski definition) is 1. The fourth-order valence-electron chi connectivity index (χ4n) is 1.24. The molecule has 0 fully saturated rings. The second-order valence-electron chi connectivity index (χ2n) is 3.23. The maximum Gasteiger partial charge on any atom is 0.267 e. The Hall–Kier alpha value is -1.39. The Labute approximate surface area is 102 Å². The summed E-state index contributed by atoms with van der Waals surface area (Å²) in [6, 6.07) is 6.99. The van der Waals surface area contributed by atoms with Gasteiger partial charge in [-0.05, 0) is 31.2 Å². The van der Waals surface area contributed by atoms with Crippen LogP contribution in [0.2, 0.25) is 5.02 Å². The van der Waals surface area contributed by atoms with Crippen LogP contribution in [0.25, 0.3) is 0 Å². The van der Waals surface area contributed by atoms with Crippen molar-refractivity contribution in [2.45, 2.75) is 6.92 Å². The Morgan fingerprint density at radius 2 is 2.06 bits per heavy atom. The molecule has 82 valence electrons. The second kappa shape index (κ2) is 4.63. The van der Waals surface area contributed by atoms with E-state index in [1.54, 1.807) is 29.8 Å². The second-order valence-corrected chi connectivity index (χ2v) is 4.52. The standard InChI is InChI=1S/C11H9ClN2OS/c1-7-10(16-6-13-7)11(15)14-9-4-2-8(12)3-5-9/h2-6H,1H3,(H,14,15). The Morgan fingerprint density at radius 1 is 1.38 bits per heavy atom. The predicted octanol–water partition coefficient (Wildman–Crippen LogP) is 3.36. The third-order valence-corrected chi connectivity index (χ3v) is 3.23. The van der Waals surface area contributed by atoms with Crippen LogP contribution >= 0.6 is 22.9 Å². The first-order valence-corrected chi connectivity index (χ1v) is 5.89. The third-order valence-electron chi connectivity index (χ3n) is 2.05. The number of carbonyl (C=O) groups is 1. The molecule has 5 heteroatoms. The number of hydrogen-bond acceptors (Lipinski definition) is 3. The molecule has 0 aliphatic heterocycles. The molecule has 2 rings (SSSR count). The zero-order valence-electron chi connectivity index (χ0n) is 8.53. The van der Waals surface area contributed by atoms with E-state index in [1.807, 2.05) is 6.92 Å². The highest BCUT2D eigenvalue weighted by Gasteiger charge is 2.11. The smallest absolute Gasteiger partial charge is 0.267 e. The molecule has 1 heterocycles. The summed E-state index contributed by atoms with van der Waals surface area (Å²) in [5.74, 6) is -0.137. The lowest BCUT2D eigenvalue weighted by Gasteiger charge is -2.03. The number of aryl methyl sites for hydroxylation is 1. The molecule has 0 aliphatic carbocycles. The molecule has 0 saturated carbocycles. The molecule has 0 bridgehead atoms. The van der Waals surface area contributed by atoms with Gasteiger partial charge >= 0.3 is 0 Å². The molecule has 1 N–H and O–H groups in total. The largest absolute Gasteiger partial charge is 0.321 e. The summed E-state index contributed by atoms with van der Waals surface area (Å²) in [6.07, 6.45) is 0. The average molecular weight is 253 g/mol. The van der Waals surface area contributed by atoms with Crippen molar-refractivity contribution in [3.05, 3.63) is 45.4 Å². The molecule has 0 radical (unpaired) electrons. The summed E-state index contributed by atoms with van der Waals surface area (Å²) in [4.78, 5) is 16.5. The minimum Gasteiger partial charge on any atom is -0.321 e. The number of thiazole rings is 1. The number of aromatic nitrogens is 1. The van der Waals surface area contributed by atoms with E-state index in [9.17, 15) is 4.79 Å². The van der Waals surface area contributed by atoms with Crippen LogP contribution in [0, 0.1) is 6.92 Å². The lowest BCUT2D eigenvalue weighted by Crippen LogP contribution is -2.11. The van der Waals surface area contributed by atoms with E-state index in [0.29, 0.717) is 9.90 Å². The number of benzene rings is 1. The van der Waals surface area contributed by atoms with Crippen LogP contribution in [-0.4, -0.2) is 10.9 Å². The zero-order valence-corrected chi connectivity index (χ0v) is 10.1. The minimum absolute atomic E-state index is 0.137. The number of nitrogens with zero attached hydrogens (tertiary/aromatic N) is 1. The van der Waals surface area contributed by atoms with E-state index < -0.39 is 0 Å². The maximum absolute atomic E-state index is 11.8. The molecule has 0 unspecified atom stereocenters. The van der Waals surface area contributed by atoms with Gasteiger partial charge in [0.2, 0.25) is 0 Å². The molecule has 0 saturated heterocycles. The van der Waals surface area contributed by atoms with Crippen molar-refractivity contribution in [2.75, 3.05) is 5.32 Å². The van der Waals surface area contributed by atoms with Gasteiger partial charge in [-0.25, -0.2) is 4.98 Å². The molecule has 16 heavy (non-hydrogen) atoms.